The van der Waals surface area contributed by atoms with Crippen molar-refractivity contribution in [2.45, 2.75) is 33.6 Å². The van der Waals surface area contributed by atoms with Crippen molar-refractivity contribution in [2.24, 2.45) is 5.92 Å². The van der Waals surface area contributed by atoms with Crippen LogP contribution in [0.1, 0.15) is 33.6 Å². The summed E-state index contributed by atoms with van der Waals surface area (Å²) in [6.45, 7) is 5.95. The van der Waals surface area contributed by atoms with E-state index in [4.69, 9.17) is 0 Å². The highest BCUT2D eigenvalue weighted by molar-refractivity contribution is 5.91. The van der Waals surface area contributed by atoms with Gasteiger partial charge in [0.2, 0.25) is 0 Å². The lowest BCUT2D eigenvalue weighted by molar-refractivity contribution is -0.117. The fraction of sp³-hybridized carbons (Fsp3) is 0.462. The summed E-state index contributed by atoms with van der Waals surface area (Å²) in [5.74, 6) is 0.266. The number of carbonyl (C=O) groups excluding carboxylic acids is 1. The Morgan fingerprint density at radius 2 is 1.79 bits per heavy atom. The summed E-state index contributed by atoms with van der Waals surface area (Å²) in [7, 11) is 0. The van der Waals surface area contributed by atoms with Crippen LogP contribution >= 0.6 is 0 Å². The SMILES string of the molecule is CCC/C=C/C=C\C=C\C(=O)C(C)C. The Morgan fingerprint density at radius 3 is 2.36 bits per heavy atom. The lowest BCUT2D eigenvalue weighted by Crippen LogP contribution is -2.01. The molecule has 0 fully saturated rings. The second kappa shape index (κ2) is 8.49. The van der Waals surface area contributed by atoms with E-state index in [0.717, 1.165) is 6.42 Å². The monoisotopic (exact) mass is 192 g/mol. The maximum absolute atomic E-state index is 11.1. The molecule has 0 aromatic heterocycles. The van der Waals surface area contributed by atoms with Gasteiger partial charge < -0.3 is 0 Å². The summed E-state index contributed by atoms with van der Waals surface area (Å²) in [6, 6.07) is 0. The fourth-order valence-corrected chi connectivity index (χ4v) is 0.813. The number of allylic oxidation sites excluding steroid dienone is 6. The van der Waals surface area contributed by atoms with Crippen LogP contribution in [-0.4, -0.2) is 5.78 Å². The molecule has 0 unspecified atom stereocenters. The van der Waals surface area contributed by atoms with Gasteiger partial charge in [0.1, 0.15) is 0 Å². The topological polar surface area (TPSA) is 17.1 Å². The number of hydrogen-bond donors (Lipinski definition) is 0. The van der Waals surface area contributed by atoms with Crippen LogP contribution in [-0.2, 0) is 4.79 Å². The number of unbranched alkanes of at least 4 members (excludes halogenated alkanes) is 1. The summed E-state index contributed by atoms with van der Waals surface area (Å²) in [5.41, 5.74) is 0. The minimum Gasteiger partial charge on any atom is -0.295 e. The Balaban J connectivity index is 3.76. The van der Waals surface area contributed by atoms with Gasteiger partial charge in [0.25, 0.3) is 0 Å². The molecule has 0 aromatic rings. The van der Waals surface area contributed by atoms with Crippen molar-refractivity contribution < 1.29 is 4.79 Å². The second-order valence-corrected chi connectivity index (χ2v) is 3.52. The van der Waals surface area contributed by atoms with E-state index in [9.17, 15) is 4.79 Å². The van der Waals surface area contributed by atoms with Crippen LogP contribution in [0.3, 0.4) is 0 Å². The van der Waals surface area contributed by atoms with Crippen molar-refractivity contribution in [3.8, 4) is 0 Å². The van der Waals surface area contributed by atoms with Crippen molar-refractivity contribution in [2.75, 3.05) is 0 Å². The first-order valence-corrected chi connectivity index (χ1v) is 5.22. The summed E-state index contributed by atoms with van der Waals surface area (Å²) < 4.78 is 0. The van der Waals surface area contributed by atoms with Gasteiger partial charge in [-0.25, -0.2) is 0 Å². The van der Waals surface area contributed by atoms with Crippen LogP contribution in [0, 0.1) is 5.92 Å². The Hall–Kier alpha value is -1.11. The van der Waals surface area contributed by atoms with Crippen molar-refractivity contribution in [1.29, 1.82) is 0 Å². The standard InChI is InChI=1S/C13H20O/c1-4-5-6-7-8-9-10-11-13(14)12(2)3/h6-12H,4-5H2,1-3H3/b7-6+,9-8-,11-10+. The molecule has 14 heavy (non-hydrogen) atoms. The molecule has 0 saturated carbocycles. The summed E-state index contributed by atoms with van der Waals surface area (Å²) in [6.07, 6.45) is 13.6. The first-order valence-electron chi connectivity index (χ1n) is 5.22. The van der Waals surface area contributed by atoms with E-state index >= 15 is 0 Å². The molecule has 78 valence electrons. The van der Waals surface area contributed by atoms with E-state index in [1.54, 1.807) is 12.2 Å². The normalized spacial score (nSPS) is 12.6. The molecule has 0 bridgehead atoms. The molecule has 0 atom stereocenters. The minimum absolute atomic E-state index is 0.0929. The van der Waals surface area contributed by atoms with Crippen molar-refractivity contribution in [3.05, 3.63) is 36.5 Å². The van der Waals surface area contributed by atoms with Crippen LogP contribution in [0.15, 0.2) is 36.5 Å². The zero-order chi connectivity index (χ0) is 10.8. The molecule has 0 radical (unpaired) electrons. The van der Waals surface area contributed by atoms with Gasteiger partial charge in [-0.1, -0.05) is 57.6 Å². The van der Waals surface area contributed by atoms with E-state index in [1.165, 1.54) is 6.42 Å². The van der Waals surface area contributed by atoms with Gasteiger partial charge in [-0.15, -0.1) is 0 Å². The van der Waals surface area contributed by atoms with E-state index in [0.29, 0.717) is 0 Å². The van der Waals surface area contributed by atoms with Crippen LogP contribution in [0.4, 0.5) is 0 Å². The van der Waals surface area contributed by atoms with Gasteiger partial charge in [-0.2, -0.15) is 0 Å². The second-order valence-electron chi connectivity index (χ2n) is 3.52. The van der Waals surface area contributed by atoms with Crippen LogP contribution in [0.2, 0.25) is 0 Å². The van der Waals surface area contributed by atoms with Gasteiger partial charge in [0.15, 0.2) is 5.78 Å². The van der Waals surface area contributed by atoms with Crippen LogP contribution in [0.25, 0.3) is 0 Å². The number of ketones is 1. The van der Waals surface area contributed by atoms with Gasteiger partial charge in [0.05, 0.1) is 0 Å². The smallest absolute Gasteiger partial charge is 0.158 e. The third-order valence-electron chi connectivity index (χ3n) is 1.75. The molecule has 1 nitrogen and oxygen atoms in total. The molecule has 1 heteroatoms. The van der Waals surface area contributed by atoms with Crippen molar-refractivity contribution in [3.63, 3.8) is 0 Å². The molecule has 0 N–H and O–H groups in total. The molecule has 0 saturated heterocycles. The lowest BCUT2D eigenvalue weighted by Gasteiger charge is -1.94. The highest BCUT2D eigenvalue weighted by Gasteiger charge is 1.99. The van der Waals surface area contributed by atoms with E-state index < -0.39 is 0 Å². The molecule has 0 heterocycles. The number of hydrogen-bond acceptors (Lipinski definition) is 1. The summed E-state index contributed by atoms with van der Waals surface area (Å²) in [5, 5.41) is 0. The first-order chi connectivity index (χ1) is 6.68. The molecular weight excluding hydrogens is 172 g/mol. The zero-order valence-electron chi connectivity index (χ0n) is 9.36. The summed E-state index contributed by atoms with van der Waals surface area (Å²) in [4.78, 5) is 11.1. The predicted octanol–water partition coefficient (Wildman–Crippen LogP) is 3.68. The minimum atomic E-state index is 0.0929. The van der Waals surface area contributed by atoms with Crippen LogP contribution in [0.5, 0.6) is 0 Å². The van der Waals surface area contributed by atoms with Crippen LogP contribution < -0.4 is 0 Å². The summed E-state index contributed by atoms with van der Waals surface area (Å²) >= 11 is 0. The number of rotatable bonds is 6. The van der Waals surface area contributed by atoms with Crippen molar-refractivity contribution >= 4 is 5.78 Å². The highest BCUT2D eigenvalue weighted by Crippen LogP contribution is 1.95. The molecule has 0 rings (SSSR count). The molecule has 0 aromatic carbocycles. The predicted molar refractivity (Wildman–Crippen MR) is 62.2 cm³/mol. The molecule has 0 aliphatic heterocycles. The molecule has 0 amide bonds. The molecular formula is C13H20O. The van der Waals surface area contributed by atoms with E-state index in [1.807, 2.05) is 32.1 Å². The third kappa shape index (κ3) is 7.53. The third-order valence-corrected chi connectivity index (χ3v) is 1.75. The van der Waals surface area contributed by atoms with E-state index in [2.05, 4.69) is 13.0 Å². The Labute approximate surface area is 87.2 Å². The Morgan fingerprint density at radius 1 is 1.14 bits per heavy atom. The highest BCUT2D eigenvalue weighted by atomic mass is 16.1. The number of carbonyl (C=O) groups is 1. The van der Waals surface area contributed by atoms with Gasteiger partial charge in [-0.3, -0.25) is 4.79 Å². The fourth-order valence-electron chi connectivity index (χ4n) is 0.813. The molecule has 0 aliphatic carbocycles. The van der Waals surface area contributed by atoms with Gasteiger partial charge in [-0.05, 0) is 12.5 Å². The average Bonchev–Trinajstić information content (AvgIpc) is 2.16. The Bertz CT molecular complexity index is 232. The van der Waals surface area contributed by atoms with Gasteiger partial charge >= 0.3 is 0 Å². The van der Waals surface area contributed by atoms with Gasteiger partial charge in [0, 0.05) is 5.92 Å². The molecule has 0 aliphatic rings. The zero-order valence-corrected chi connectivity index (χ0v) is 9.36. The Kier molecular flexibility index (Phi) is 7.81. The van der Waals surface area contributed by atoms with E-state index in [-0.39, 0.29) is 11.7 Å². The first kappa shape index (κ1) is 12.9. The lowest BCUT2D eigenvalue weighted by atomic mass is 10.1. The molecule has 0 spiro atoms. The maximum atomic E-state index is 11.1. The van der Waals surface area contributed by atoms with Crippen molar-refractivity contribution in [1.82, 2.24) is 0 Å². The maximum Gasteiger partial charge on any atom is 0.158 e. The quantitative estimate of drug-likeness (QED) is 0.463. The average molecular weight is 192 g/mol. The largest absolute Gasteiger partial charge is 0.295 e.